The lowest BCUT2D eigenvalue weighted by atomic mass is 10.2. The molecule has 1 saturated carbocycles. The summed E-state index contributed by atoms with van der Waals surface area (Å²) >= 11 is 5.99. The molecule has 1 aromatic carbocycles. The van der Waals surface area contributed by atoms with E-state index < -0.39 is 0 Å². The van der Waals surface area contributed by atoms with Crippen molar-refractivity contribution in [2.24, 2.45) is 0 Å². The molecule has 100 valence electrons. The van der Waals surface area contributed by atoms with E-state index in [-0.39, 0.29) is 12.2 Å². The van der Waals surface area contributed by atoms with Crippen LogP contribution in [0.25, 0.3) is 0 Å². The van der Waals surface area contributed by atoms with Gasteiger partial charge in [0.1, 0.15) is 17.9 Å². The fraction of sp³-hybridized carbons (Fsp3) is 0.400. The highest BCUT2D eigenvalue weighted by Gasteiger charge is 2.29. The molecule has 0 radical (unpaired) electrons. The first-order valence-electron chi connectivity index (χ1n) is 6.33. The average molecular weight is 278 g/mol. The Labute approximate surface area is 118 Å². The Morgan fingerprint density at radius 1 is 1.42 bits per heavy atom. The standard InChI is InChI=1S/C15H16ClNO2/c1-2-8-18-14-4-3-5-15(14)19-12-7-6-11(10-17)13(16)9-12/h2,6-7,9,14-15H,1,3-5,8H2. The van der Waals surface area contributed by atoms with Gasteiger partial charge >= 0.3 is 0 Å². The van der Waals surface area contributed by atoms with Crippen molar-refractivity contribution in [2.45, 2.75) is 31.5 Å². The van der Waals surface area contributed by atoms with Gasteiger partial charge in [-0.3, -0.25) is 0 Å². The first-order chi connectivity index (χ1) is 9.24. The Kier molecular flexibility index (Phi) is 4.84. The van der Waals surface area contributed by atoms with Crippen LogP contribution in [0.5, 0.6) is 5.75 Å². The van der Waals surface area contributed by atoms with Crippen LogP contribution in [0.2, 0.25) is 5.02 Å². The van der Waals surface area contributed by atoms with Gasteiger partial charge < -0.3 is 9.47 Å². The van der Waals surface area contributed by atoms with E-state index in [9.17, 15) is 0 Å². The Morgan fingerprint density at radius 2 is 2.21 bits per heavy atom. The van der Waals surface area contributed by atoms with Gasteiger partial charge in [0, 0.05) is 6.07 Å². The van der Waals surface area contributed by atoms with Crippen LogP contribution in [0.3, 0.4) is 0 Å². The van der Waals surface area contributed by atoms with Crippen molar-refractivity contribution in [3.05, 3.63) is 41.4 Å². The predicted molar refractivity (Wildman–Crippen MR) is 74.4 cm³/mol. The van der Waals surface area contributed by atoms with Gasteiger partial charge in [-0.25, -0.2) is 0 Å². The molecule has 3 nitrogen and oxygen atoms in total. The van der Waals surface area contributed by atoms with Gasteiger partial charge in [0.05, 0.1) is 23.3 Å². The number of halogens is 1. The summed E-state index contributed by atoms with van der Waals surface area (Å²) in [6, 6.07) is 7.16. The van der Waals surface area contributed by atoms with E-state index in [0.717, 1.165) is 19.3 Å². The molecule has 2 atom stereocenters. The number of ether oxygens (including phenoxy) is 2. The molecule has 0 amide bonds. The maximum Gasteiger partial charge on any atom is 0.125 e. The van der Waals surface area contributed by atoms with E-state index in [4.69, 9.17) is 26.3 Å². The monoisotopic (exact) mass is 277 g/mol. The molecule has 2 rings (SSSR count). The Morgan fingerprint density at radius 3 is 2.89 bits per heavy atom. The molecule has 0 saturated heterocycles. The molecule has 0 N–H and O–H groups in total. The van der Waals surface area contributed by atoms with Gasteiger partial charge in [-0.15, -0.1) is 6.58 Å². The predicted octanol–water partition coefficient (Wildman–Crippen LogP) is 3.71. The number of nitrogens with zero attached hydrogens (tertiary/aromatic N) is 1. The number of hydrogen-bond donors (Lipinski definition) is 0. The number of nitriles is 1. The molecular formula is C15H16ClNO2. The van der Waals surface area contributed by atoms with Gasteiger partial charge in [0.25, 0.3) is 0 Å². The molecule has 0 aromatic heterocycles. The number of rotatable bonds is 5. The van der Waals surface area contributed by atoms with Crippen LogP contribution in [0, 0.1) is 11.3 Å². The Hall–Kier alpha value is -1.50. The van der Waals surface area contributed by atoms with E-state index >= 15 is 0 Å². The third-order valence-electron chi connectivity index (χ3n) is 3.17. The third kappa shape index (κ3) is 3.50. The summed E-state index contributed by atoms with van der Waals surface area (Å²) in [5.74, 6) is 0.683. The van der Waals surface area contributed by atoms with E-state index in [1.807, 2.05) is 6.07 Å². The first-order valence-corrected chi connectivity index (χ1v) is 6.71. The van der Waals surface area contributed by atoms with Crippen LogP contribution in [-0.4, -0.2) is 18.8 Å². The lowest BCUT2D eigenvalue weighted by Gasteiger charge is -2.21. The molecule has 1 aliphatic rings. The van der Waals surface area contributed by atoms with Crippen molar-refractivity contribution in [1.29, 1.82) is 5.26 Å². The molecule has 0 aliphatic heterocycles. The Bertz CT molecular complexity index is 495. The molecule has 1 aromatic rings. The van der Waals surface area contributed by atoms with Gasteiger partial charge in [-0.05, 0) is 31.4 Å². The second-order valence-electron chi connectivity index (χ2n) is 4.50. The zero-order valence-corrected chi connectivity index (χ0v) is 11.4. The number of benzene rings is 1. The van der Waals surface area contributed by atoms with Crippen molar-refractivity contribution in [2.75, 3.05) is 6.61 Å². The van der Waals surface area contributed by atoms with Gasteiger partial charge in [0.15, 0.2) is 0 Å². The van der Waals surface area contributed by atoms with Crippen LogP contribution < -0.4 is 4.74 Å². The lowest BCUT2D eigenvalue weighted by Crippen LogP contribution is -2.28. The molecule has 0 bridgehead atoms. The molecule has 4 heteroatoms. The normalized spacial score (nSPS) is 21.9. The minimum absolute atomic E-state index is 0.0453. The molecular weight excluding hydrogens is 262 g/mol. The largest absolute Gasteiger partial charge is 0.488 e. The second-order valence-corrected chi connectivity index (χ2v) is 4.91. The molecule has 0 heterocycles. The van der Waals surface area contributed by atoms with Crippen molar-refractivity contribution in [3.63, 3.8) is 0 Å². The van der Waals surface area contributed by atoms with Crippen molar-refractivity contribution < 1.29 is 9.47 Å². The minimum atomic E-state index is 0.0453. The molecule has 2 unspecified atom stereocenters. The van der Waals surface area contributed by atoms with Crippen molar-refractivity contribution in [3.8, 4) is 11.8 Å². The SMILES string of the molecule is C=CCOC1CCCC1Oc1ccc(C#N)c(Cl)c1. The van der Waals surface area contributed by atoms with E-state index in [0.29, 0.717) is 22.9 Å². The van der Waals surface area contributed by atoms with Crippen LogP contribution in [0.1, 0.15) is 24.8 Å². The molecule has 1 aliphatic carbocycles. The topological polar surface area (TPSA) is 42.2 Å². The molecule has 19 heavy (non-hydrogen) atoms. The van der Waals surface area contributed by atoms with Crippen molar-refractivity contribution >= 4 is 11.6 Å². The highest BCUT2D eigenvalue weighted by Crippen LogP contribution is 2.29. The minimum Gasteiger partial charge on any atom is -0.488 e. The van der Waals surface area contributed by atoms with Crippen molar-refractivity contribution in [1.82, 2.24) is 0 Å². The summed E-state index contributed by atoms with van der Waals surface area (Å²) < 4.78 is 11.6. The van der Waals surface area contributed by atoms with Crippen LogP contribution in [0.4, 0.5) is 0 Å². The third-order valence-corrected chi connectivity index (χ3v) is 3.48. The lowest BCUT2D eigenvalue weighted by molar-refractivity contribution is 0.00551. The van der Waals surface area contributed by atoms with E-state index in [1.54, 1.807) is 24.3 Å². The van der Waals surface area contributed by atoms with Gasteiger partial charge in [-0.2, -0.15) is 5.26 Å². The summed E-state index contributed by atoms with van der Waals surface area (Å²) in [6.07, 6.45) is 4.96. The van der Waals surface area contributed by atoms with Gasteiger partial charge in [-0.1, -0.05) is 17.7 Å². The smallest absolute Gasteiger partial charge is 0.125 e. The molecule has 1 fully saturated rings. The highest BCUT2D eigenvalue weighted by molar-refractivity contribution is 6.31. The molecule has 0 spiro atoms. The summed E-state index contributed by atoms with van der Waals surface area (Å²) in [6.45, 7) is 4.19. The zero-order valence-electron chi connectivity index (χ0n) is 10.6. The second kappa shape index (κ2) is 6.60. The summed E-state index contributed by atoms with van der Waals surface area (Å²) in [5.41, 5.74) is 0.458. The van der Waals surface area contributed by atoms with E-state index in [1.165, 1.54) is 0 Å². The quantitative estimate of drug-likeness (QED) is 0.771. The van der Waals surface area contributed by atoms with E-state index in [2.05, 4.69) is 6.58 Å². The number of hydrogen-bond acceptors (Lipinski definition) is 3. The maximum atomic E-state index is 8.83. The summed E-state index contributed by atoms with van der Waals surface area (Å²) in [5, 5.41) is 9.25. The van der Waals surface area contributed by atoms with Crippen LogP contribution >= 0.6 is 11.6 Å². The maximum absolute atomic E-state index is 8.83. The van der Waals surface area contributed by atoms with Crippen LogP contribution in [0.15, 0.2) is 30.9 Å². The van der Waals surface area contributed by atoms with Gasteiger partial charge in [0.2, 0.25) is 0 Å². The fourth-order valence-corrected chi connectivity index (χ4v) is 2.46. The average Bonchev–Trinajstić information content (AvgIpc) is 2.84. The summed E-state index contributed by atoms with van der Waals surface area (Å²) in [4.78, 5) is 0. The highest BCUT2D eigenvalue weighted by atomic mass is 35.5. The fourth-order valence-electron chi connectivity index (χ4n) is 2.24. The Balaban J connectivity index is 2.02. The van der Waals surface area contributed by atoms with Crippen LogP contribution in [-0.2, 0) is 4.74 Å². The zero-order chi connectivity index (χ0) is 13.7. The first kappa shape index (κ1) is 13.9. The summed E-state index contributed by atoms with van der Waals surface area (Å²) in [7, 11) is 0.